The fourth-order valence-electron chi connectivity index (χ4n) is 4.89. The van der Waals surface area contributed by atoms with Crippen LogP contribution in [-0.2, 0) is 21.4 Å². The summed E-state index contributed by atoms with van der Waals surface area (Å²) in [6, 6.07) is 21.5. The Balaban J connectivity index is 1.40. The lowest BCUT2D eigenvalue weighted by Crippen LogP contribution is -2.21. The van der Waals surface area contributed by atoms with Gasteiger partial charge in [-0.15, -0.1) is 0 Å². The van der Waals surface area contributed by atoms with Gasteiger partial charge < -0.3 is 24.3 Å². The van der Waals surface area contributed by atoms with E-state index in [-0.39, 0.29) is 24.2 Å². The molecule has 11 nitrogen and oxygen atoms in total. The van der Waals surface area contributed by atoms with Gasteiger partial charge in [0.2, 0.25) is 0 Å². The number of anilines is 2. The van der Waals surface area contributed by atoms with Crippen molar-refractivity contribution in [2.75, 3.05) is 38.6 Å². The molecule has 5 rings (SSSR count). The molecule has 0 spiro atoms. The Kier molecular flexibility index (Phi) is 9.53. The minimum atomic E-state index is -0.444. The number of urea groups is 1. The number of carbonyl (C=O) groups excluding carboxylic acids is 2. The van der Waals surface area contributed by atoms with E-state index in [1.165, 1.54) is 7.11 Å². The molecule has 0 bridgehead atoms. The van der Waals surface area contributed by atoms with E-state index in [2.05, 4.69) is 36.4 Å². The van der Waals surface area contributed by atoms with Gasteiger partial charge >= 0.3 is 6.03 Å². The van der Waals surface area contributed by atoms with Gasteiger partial charge in [0.15, 0.2) is 17.3 Å². The molecular weight excluding hydrogens is 586 g/mol. The third-order valence-corrected chi connectivity index (χ3v) is 7.16. The zero-order valence-electron chi connectivity index (χ0n) is 26.7. The van der Waals surface area contributed by atoms with Crippen LogP contribution in [0.25, 0.3) is 16.5 Å². The predicted molar refractivity (Wildman–Crippen MR) is 177 cm³/mol. The third-order valence-electron chi connectivity index (χ3n) is 7.16. The van der Waals surface area contributed by atoms with Crippen LogP contribution in [0.3, 0.4) is 0 Å². The Morgan fingerprint density at radius 2 is 1.57 bits per heavy atom. The molecule has 2 amide bonds. The molecular formula is C35H37N5O6. The van der Waals surface area contributed by atoms with Gasteiger partial charge in [0.1, 0.15) is 23.9 Å². The van der Waals surface area contributed by atoms with Gasteiger partial charge in [0, 0.05) is 47.7 Å². The first-order chi connectivity index (χ1) is 22.1. The summed E-state index contributed by atoms with van der Waals surface area (Å²) in [7, 11) is 4.63. The summed E-state index contributed by atoms with van der Waals surface area (Å²) in [5.74, 6) is 2.66. The quantitative estimate of drug-likeness (QED) is 0.162. The number of ketones is 1. The molecule has 0 saturated heterocycles. The number of aromatic nitrogens is 3. The van der Waals surface area contributed by atoms with E-state index in [4.69, 9.17) is 24.0 Å². The van der Waals surface area contributed by atoms with Crippen LogP contribution in [0.15, 0.2) is 79.0 Å². The monoisotopic (exact) mass is 623 g/mol. The van der Waals surface area contributed by atoms with Gasteiger partial charge in [-0.25, -0.2) is 9.48 Å². The number of carbonyl (C=O) groups is 2. The molecule has 46 heavy (non-hydrogen) atoms. The van der Waals surface area contributed by atoms with Crippen LogP contribution < -0.4 is 24.8 Å². The summed E-state index contributed by atoms with van der Waals surface area (Å²) in [6.07, 6.45) is 1.75. The molecule has 2 N–H and O–H groups in total. The number of amides is 2. The molecule has 0 atom stereocenters. The molecule has 11 heteroatoms. The second-order valence-corrected chi connectivity index (χ2v) is 11.6. The summed E-state index contributed by atoms with van der Waals surface area (Å²) in [5, 5.41) is 12.3. The van der Waals surface area contributed by atoms with E-state index in [1.54, 1.807) is 61.5 Å². The number of ether oxygens (including phenoxy) is 4. The second kappa shape index (κ2) is 13.7. The summed E-state index contributed by atoms with van der Waals surface area (Å²) in [4.78, 5) is 29.8. The average Bonchev–Trinajstić information content (AvgIpc) is 3.46. The number of benzene rings is 3. The highest BCUT2D eigenvalue weighted by molar-refractivity contribution is 6.07. The van der Waals surface area contributed by atoms with Crippen molar-refractivity contribution < 1.29 is 28.5 Å². The number of rotatable bonds is 11. The van der Waals surface area contributed by atoms with Gasteiger partial charge in [-0.1, -0.05) is 45.0 Å². The Morgan fingerprint density at radius 1 is 0.826 bits per heavy atom. The predicted octanol–water partition coefficient (Wildman–Crippen LogP) is 6.93. The standard InChI is InChI=1S/C35H37N5O6/c1-35(2,3)32-20-33(40(39-32)23-11-13-30(44-5)31(19-23)45-6)38-34(42)37-28-12-14-29(27-10-8-7-9-26(27)28)46-25-15-16-36-22(18-25)17-24(41)21-43-4/h7-16,18-20H,17,21H2,1-6H3,(H2,37,38,42). The van der Waals surface area contributed by atoms with Crippen molar-refractivity contribution in [2.45, 2.75) is 32.6 Å². The van der Waals surface area contributed by atoms with Crippen molar-refractivity contribution in [3.63, 3.8) is 0 Å². The van der Waals surface area contributed by atoms with E-state index in [0.717, 1.165) is 16.5 Å². The first-order valence-electron chi connectivity index (χ1n) is 14.7. The third kappa shape index (κ3) is 7.27. The highest BCUT2D eigenvalue weighted by atomic mass is 16.5. The van der Waals surface area contributed by atoms with Gasteiger partial charge in [-0.2, -0.15) is 5.10 Å². The minimum Gasteiger partial charge on any atom is -0.493 e. The largest absolute Gasteiger partial charge is 0.493 e. The van der Waals surface area contributed by atoms with Crippen LogP contribution in [0, 0.1) is 0 Å². The SMILES string of the molecule is COCC(=O)Cc1cc(Oc2ccc(NC(=O)Nc3cc(C(C)(C)C)nn3-c3ccc(OC)c(OC)c3)c3ccccc23)ccn1. The number of nitrogens with zero attached hydrogens (tertiary/aromatic N) is 3. The zero-order valence-corrected chi connectivity index (χ0v) is 26.7. The fourth-order valence-corrected chi connectivity index (χ4v) is 4.89. The second-order valence-electron chi connectivity index (χ2n) is 11.6. The van der Waals surface area contributed by atoms with Gasteiger partial charge in [-0.3, -0.25) is 15.1 Å². The summed E-state index contributed by atoms with van der Waals surface area (Å²) in [6.45, 7) is 6.19. The maximum atomic E-state index is 13.5. The number of hydrogen-bond donors (Lipinski definition) is 2. The molecule has 3 aromatic carbocycles. The van der Waals surface area contributed by atoms with E-state index >= 15 is 0 Å². The lowest BCUT2D eigenvalue weighted by molar-refractivity contribution is -0.122. The lowest BCUT2D eigenvalue weighted by Gasteiger charge is -2.15. The van der Waals surface area contributed by atoms with Crippen LogP contribution in [-0.4, -0.2) is 54.5 Å². The molecule has 0 aliphatic carbocycles. The molecule has 0 radical (unpaired) electrons. The summed E-state index contributed by atoms with van der Waals surface area (Å²) >= 11 is 0. The smallest absolute Gasteiger partial charge is 0.324 e. The molecule has 2 aromatic heterocycles. The number of Topliss-reactive ketones (excluding diaryl/α,β-unsaturated/α-hetero) is 1. The van der Waals surface area contributed by atoms with Crippen molar-refractivity contribution in [1.82, 2.24) is 14.8 Å². The Bertz CT molecular complexity index is 1880. The number of methoxy groups -OCH3 is 3. The molecule has 2 heterocycles. The molecule has 0 fully saturated rings. The van der Waals surface area contributed by atoms with Crippen LogP contribution in [0.4, 0.5) is 16.3 Å². The van der Waals surface area contributed by atoms with E-state index in [9.17, 15) is 9.59 Å². The van der Waals surface area contributed by atoms with Gasteiger partial charge in [-0.05, 0) is 30.3 Å². The Labute approximate surface area is 267 Å². The number of nitrogens with one attached hydrogen (secondary N) is 2. The minimum absolute atomic E-state index is 0.0236. The molecule has 0 aliphatic heterocycles. The number of fused-ring (bicyclic) bond motifs is 1. The van der Waals surface area contributed by atoms with E-state index < -0.39 is 6.03 Å². The molecule has 238 valence electrons. The van der Waals surface area contributed by atoms with Crippen LogP contribution in [0.2, 0.25) is 0 Å². The van der Waals surface area contributed by atoms with Gasteiger partial charge in [0.05, 0.1) is 43.4 Å². The Hall–Kier alpha value is -5.42. The van der Waals surface area contributed by atoms with Crippen molar-refractivity contribution in [1.29, 1.82) is 0 Å². The van der Waals surface area contributed by atoms with Crippen LogP contribution >= 0.6 is 0 Å². The highest BCUT2D eigenvalue weighted by Gasteiger charge is 2.22. The van der Waals surface area contributed by atoms with Crippen molar-refractivity contribution >= 4 is 34.1 Å². The van der Waals surface area contributed by atoms with E-state index in [0.29, 0.717) is 45.9 Å². The lowest BCUT2D eigenvalue weighted by atomic mass is 9.92. The topological polar surface area (TPSA) is 126 Å². The van der Waals surface area contributed by atoms with Crippen molar-refractivity contribution in [3.8, 4) is 28.7 Å². The highest BCUT2D eigenvalue weighted by Crippen LogP contribution is 2.35. The van der Waals surface area contributed by atoms with Crippen molar-refractivity contribution in [3.05, 3.63) is 90.4 Å². The first kappa shape index (κ1) is 32.0. The van der Waals surface area contributed by atoms with Crippen molar-refractivity contribution in [2.24, 2.45) is 0 Å². The summed E-state index contributed by atoms with van der Waals surface area (Å²) in [5.41, 5.74) is 2.40. The van der Waals surface area contributed by atoms with Crippen LogP contribution in [0.1, 0.15) is 32.2 Å². The molecule has 0 saturated carbocycles. The Morgan fingerprint density at radius 3 is 2.28 bits per heavy atom. The fraction of sp³-hybridized carbons (Fsp3) is 0.257. The maximum absolute atomic E-state index is 13.5. The maximum Gasteiger partial charge on any atom is 0.324 e. The average molecular weight is 624 g/mol. The number of hydrogen-bond acceptors (Lipinski definition) is 8. The summed E-state index contributed by atoms with van der Waals surface area (Å²) < 4.78 is 23.7. The zero-order chi connectivity index (χ0) is 32.8. The molecule has 0 unspecified atom stereocenters. The van der Waals surface area contributed by atoms with Gasteiger partial charge in [0.25, 0.3) is 0 Å². The number of pyridine rings is 1. The first-order valence-corrected chi connectivity index (χ1v) is 14.7. The normalized spacial score (nSPS) is 11.3. The van der Waals surface area contributed by atoms with Crippen LogP contribution in [0.5, 0.6) is 23.0 Å². The molecule has 0 aliphatic rings. The molecule has 5 aromatic rings. The van der Waals surface area contributed by atoms with E-state index in [1.807, 2.05) is 36.4 Å².